The Bertz CT molecular complexity index is 701. The first-order valence-corrected chi connectivity index (χ1v) is 9.97. The third-order valence-corrected chi connectivity index (χ3v) is 6.23. The first-order valence-electron chi connectivity index (χ1n) is 9.97. The fourth-order valence-electron chi connectivity index (χ4n) is 4.65. The van der Waals surface area contributed by atoms with Crippen LogP contribution in [-0.2, 0) is 20.9 Å². The number of carbonyl (C=O) groups excluding carboxylic acids is 2. The molecule has 2 aliphatic heterocycles. The number of benzene rings is 1. The van der Waals surface area contributed by atoms with Crippen LogP contribution in [0.2, 0.25) is 0 Å². The third kappa shape index (κ3) is 3.73. The molecule has 1 aromatic carbocycles. The van der Waals surface area contributed by atoms with E-state index in [9.17, 15) is 14.7 Å². The molecule has 2 heterocycles. The van der Waals surface area contributed by atoms with Crippen molar-refractivity contribution in [3.8, 4) is 0 Å². The van der Waals surface area contributed by atoms with Crippen LogP contribution in [0, 0.1) is 0 Å². The second-order valence-electron chi connectivity index (χ2n) is 8.28. The van der Waals surface area contributed by atoms with Gasteiger partial charge in [0.25, 0.3) is 5.91 Å². The van der Waals surface area contributed by atoms with Crippen LogP contribution in [0.5, 0.6) is 0 Å². The lowest BCUT2D eigenvalue weighted by Crippen LogP contribution is -2.57. The van der Waals surface area contributed by atoms with Gasteiger partial charge in [0, 0.05) is 13.1 Å². The molecule has 3 fully saturated rings. The van der Waals surface area contributed by atoms with Gasteiger partial charge in [-0.05, 0) is 24.8 Å². The molecule has 6 nitrogen and oxygen atoms in total. The van der Waals surface area contributed by atoms with Crippen molar-refractivity contribution in [2.75, 3.05) is 26.2 Å². The van der Waals surface area contributed by atoms with E-state index in [2.05, 4.69) is 0 Å². The van der Waals surface area contributed by atoms with E-state index in [-0.39, 0.29) is 18.4 Å². The highest BCUT2D eigenvalue weighted by atomic mass is 16.5. The second-order valence-corrected chi connectivity index (χ2v) is 8.28. The molecule has 1 spiro atoms. The molecule has 1 unspecified atom stereocenters. The van der Waals surface area contributed by atoms with Gasteiger partial charge >= 0.3 is 0 Å². The van der Waals surface area contributed by atoms with Crippen molar-refractivity contribution in [2.24, 2.45) is 0 Å². The molecule has 2 amide bonds. The SMILES string of the molecule is O=C1COC2(CCN(C(=O)C3(O)CCCCC3)C2)CN1Cc1ccccc1. The van der Waals surface area contributed by atoms with E-state index in [1.807, 2.05) is 35.2 Å². The Labute approximate surface area is 160 Å². The summed E-state index contributed by atoms with van der Waals surface area (Å²) in [5.41, 5.74) is -0.633. The first-order chi connectivity index (χ1) is 13.0. The molecule has 1 saturated carbocycles. The maximum atomic E-state index is 12.9. The van der Waals surface area contributed by atoms with Gasteiger partial charge in [0.2, 0.25) is 5.91 Å². The number of likely N-dealkylation sites (tertiary alicyclic amines) is 1. The second kappa shape index (κ2) is 7.24. The van der Waals surface area contributed by atoms with Crippen molar-refractivity contribution < 1.29 is 19.4 Å². The van der Waals surface area contributed by atoms with E-state index in [0.29, 0.717) is 45.4 Å². The lowest BCUT2D eigenvalue weighted by molar-refractivity contribution is -0.166. The number of aliphatic hydroxyl groups is 1. The Morgan fingerprint density at radius 2 is 1.81 bits per heavy atom. The van der Waals surface area contributed by atoms with Crippen LogP contribution in [0.1, 0.15) is 44.1 Å². The molecule has 0 bridgehead atoms. The highest BCUT2D eigenvalue weighted by Crippen LogP contribution is 2.35. The summed E-state index contributed by atoms with van der Waals surface area (Å²) in [6.07, 6.45) is 4.68. The largest absolute Gasteiger partial charge is 0.380 e. The maximum absolute atomic E-state index is 12.9. The lowest BCUT2D eigenvalue weighted by atomic mass is 9.84. The van der Waals surface area contributed by atoms with Crippen LogP contribution < -0.4 is 0 Å². The number of rotatable bonds is 3. The van der Waals surface area contributed by atoms with Gasteiger partial charge in [0.15, 0.2) is 0 Å². The number of carbonyl (C=O) groups is 2. The molecule has 2 saturated heterocycles. The molecule has 1 atom stereocenters. The Morgan fingerprint density at radius 3 is 2.56 bits per heavy atom. The zero-order valence-electron chi connectivity index (χ0n) is 15.7. The van der Waals surface area contributed by atoms with Crippen LogP contribution >= 0.6 is 0 Å². The molecular weight excluding hydrogens is 344 g/mol. The van der Waals surface area contributed by atoms with Crippen LogP contribution in [0.15, 0.2) is 30.3 Å². The fourth-order valence-corrected chi connectivity index (χ4v) is 4.65. The highest BCUT2D eigenvalue weighted by molar-refractivity contribution is 5.85. The van der Waals surface area contributed by atoms with Crippen LogP contribution in [0.3, 0.4) is 0 Å². The molecule has 6 heteroatoms. The number of nitrogens with zero attached hydrogens (tertiary/aromatic N) is 2. The minimum Gasteiger partial charge on any atom is -0.380 e. The molecule has 1 aromatic rings. The van der Waals surface area contributed by atoms with Gasteiger partial charge in [0.1, 0.15) is 17.8 Å². The van der Waals surface area contributed by atoms with Crippen molar-refractivity contribution in [2.45, 2.75) is 56.3 Å². The minimum atomic E-state index is -1.21. The Kier molecular flexibility index (Phi) is 4.95. The Balaban J connectivity index is 1.43. The fraction of sp³-hybridized carbons (Fsp3) is 0.619. The first kappa shape index (κ1) is 18.4. The van der Waals surface area contributed by atoms with Gasteiger partial charge in [-0.25, -0.2) is 0 Å². The minimum absolute atomic E-state index is 0.0137. The van der Waals surface area contributed by atoms with Crippen molar-refractivity contribution in [1.29, 1.82) is 0 Å². The van der Waals surface area contributed by atoms with Gasteiger partial charge < -0.3 is 19.6 Å². The average molecular weight is 372 g/mol. The van der Waals surface area contributed by atoms with E-state index in [0.717, 1.165) is 24.8 Å². The number of morpholine rings is 1. The molecule has 3 aliphatic rings. The zero-order chi connectivity index (χ0) is 18.9. The van der Waals surface area contributed by atoms with Crippen LogP contribution in [0.25, 0.3) is 0 Å². The van der Waals surface area contributed by atoms with E-state index in [4.69, 9.17) is 4.74 Å². The Hall–Kier alpha value is -1.92. The summed E-state index contributed by atoms with van der Waals surface area (Å²) in [4.78, 5) is 28.8. The van der Waals surface area contributed by atoms with E-state index < -0.39 is 11.2 Å². The summed E-state index contributed by atoms with van der Waals surface area (Å²) in [6.45, 7) is 2.13. The van der Waals surface area contributed by atoms with E-state index in [1.54, 1.807) is 4.90 Å². The zero-order valence-corrected chi connectivity index (χ0v) is 15.7. The third-order valence-electron chi connectivity index (χ3n) is 6.23. The molecule has 0 radical (unpaired) electrons. The quantitative estimate of drug-likeness (QED) is 0.877. The average Bonchev–Trinajstić information content (AvgIpc) is 3.09. The van der Waals surface area contributed by atoms with Crippen molar-refractivity contribution >= 4 is 11.8 Å². The van der Waals surface area contributed by atoms with Crippen molar-refractivity contribution in [3.63, 3.8) is 0 Å². The molecule has 4 rings (SSSR count). The van der Waals surface area contributed by atoms with Gasteiger partial charge in [-0.3, -0.25) is 9.59 Å². The Morgan fingerprint density at radius 1 is 1.07 bits per heavy atom. The number of ether oxygens (including phenoxy) is 1. The summed E-state index contributed by atoms with van der Waals surface area (Å²) in [5, 5.41) is 10.8. The predicted octanol–water partition coefficient (Wildman–Crippen LogP) is 1.71. The van der Waals surface area contributed by atoms with Crippen molar-refractivity contribution in [3.05, 3.63) is 35.9 Å². The summed E-state index contributed by atoms with van der Waals surface area (Å²) < 4.78 is 5.94. The molecule has 27 heavy (non-hydrogen) atoms. The molecular formula is C21H28N2O4. The van der Waals surface area contributed by atoms with Gasteiger partial charge in [-0.1, -0.05) is 49.6 Å². The maximum Gasteiger partial charge on any atom is 0.254 e. The summed E-state index contributed by atoms with van der Waals surface area (Å²) in [6, 6.07) is 9.92. The van der Waals surface area contributed by atoms with E-state index in [1.165, 1.54) is 0 Å². The molecule has 0 aromatic heterocycles. The van der Waals surface area contributed by atoms with Gasteiger partial charge in [-0.2, -0.15) is 0 Å². The number of hydrogen-bond acceptors (Lipinski definition) is 4. The topological polar surface area (TPSA) is 70.1 Å². The molecule has 1 N–H and O–H groups in total. The van der Waals surface area contributed by atoms with Gasteiger partial charge in [0.05, 0.1) is 13.1 Å². The standard InChI is InChI=1S/C21H28N2O4/c24-18-14-27-20(16-23(18)13-17-7-3-1-4-8-17)11-12-22(15-20)19(25)21(26)9-5-2-6-10-21/h1,3-4,7-8,26H,2,5-6,9-16H2. The van der Waals surface area contributed by atoms with Gasteiger partial charge in [-0.15, -0.1) is 0 Å². The van der Waals surface area contributed by atoms with E-state index >= 15 is 0 Å². The monoisotopic (exact) mass is 372 g/mol. The summed E-state index contributed by atoms with van der Waals surface area (Å²) in [5.74, 6) is -0.172. The predicted molar refractivity (Wildman–Crippen MR) is 99.8 cm³/mol. The smallest absolute Gasteiger partial charge is 0.254 e. The number of hydrogen-bond donors (Lipinski definition) is 1. The van der Waals surface area contributed by atoms with Crippen LogP contribution in [0.4, 0.5) is 0 Å². The normalized spacial score (nSPS) is 28.0. The summed E-state index contributed by atoms with van der Waals surface area (Å²) in [7, 11) is 0. The van der Waals surface area contributed by atoms with Crippen LogP contribution in [-0.4, -0.2) is 64.2 Å². The molecule has 146 valence electrons. The number of amides is 2. The van der Waals surface area contributed by atoms with Crippen molar-refractivity contribution in [1.82, 2.24) is 9.80 Å². The lowest BCUT2D eigenvalue weighted by Gasteiger charge is -2.40. The highest BCUT2D eigenvalue weighted by Gasteiger charge is 2.49. The summed E-state index contributed by atoms with van der Waals surface area (Å²) >= 11 is 0. The molecule has 1 aliphatic carbocycles.